The Morgan fingerprint density at radius 3 is 2.56 bits per heavy atom. The van der Waals surface area contributed by atoms with Crippen LogP contribution in [0.25, 0.3) is 16.2 Å². The zero-order valence-electron chi connectivity index (χ0n) is 15.2. The van der Waals surface area contributed by atoms with E-state index in [2.05, 4.69) is 15.0 Å². The zero-order valence-corrected chi connectivity index (χ0v) is 17.6. The van der Waals surface area contributed by atoms with E-state index in [0.717, 1.165) is 21.3 Å². The number of aromatic nitrogens is 3. The summed E-state index contributed by atoms with van der Waals surface area (Å²) in [6, 6.07) is 7.54. The topological polar surface area (TPSA) is 67.6 Å². The molecule has 0 amide bonds. The van der Waals surface area contributed by atoms with Crippen molar-refractivity contribution < 1.29 is 8.42 Å². The molecule has 0 saturated carbocycles. The number of fused-ring (bicyclic) bond motifs is 1. The van der Waals surface area contributed by atoms with E-state index in [1.165, 1.54) is 11.3 Å². The molecule has 0 aliphatic carbocycles. The second kappa shape index (κ2) is 6.76. The smallest absolute Gasteiger partial charge is 0.214 e. The van der Waals surface area contributed by atoms with Gasteiger partial charge in [-0.15, -0.1) is 5.10 Å². The molecule has 1 fully saturated rings. The first-order valence-electron chi connectivity index (χ1n) is 8.97. The number of sulfone groups is 1. The molecule has 1 aliphatic heterocycles. The Balaban J connectivity index is 1.63. The molecule has 6 nitrogen and oxygen atoms in total. The van der Waals surface area contributed by atoms with Crippen molar-refractivity contribution in [2.45, 2.75) is 31.4 Å². The molecule has 0 spiro atoms. The van der Waals surface area contributed by atoms with Crippen LogP contribution >= 0.6 is 22.9 Å². The van der Waals surface area contributed by atoms with Crippen LogP contribution in [0.2, 0.25) is 5.02 Å². The average Bonchev–Trinajstić information content (AvgIpc) is 3.22. The first kappa shape index (κ1) is 18.7. The average molecular weight is 425 g/mol. The number of halogens is 1. The summed E-state index contributed by atoms with van der Waals surface area (Å²) in [5.74, 6) is 0.173. The fraction of sp³-hybridized carbons (Fsp3) is 0.444. The van der Waals surface area contributed by atoms with Crippen LogP contribution in [0.3, 0.4) is 0 Å². The van der Waals surface area contributed by atoms with Crippen LogP contribution in [-0.2, 0) is 9.84 Å². The second-order valence-electron chi connectivity index (χ2n) is 6.88. The molecule has 1 aliphatic rings. The van der Waals surface area contributed by atoms with Gasteiger partial charge in [-0.05, 0) is 25.0 Å². The molecule has 0 bridgehead atoms. The monoisotopic (exact) mass is 424 g/mol. The summed E-state index contributed by atoms with van der Waals surface area (Å²) in [5.41, 5.74) is 1.83. The largest absolute Gasteiger partial charge is 0.344 e. The first-order valence-corrected chi connectivity index (χ1v) is 11.8. The molecule has 1 saturated heterocycles. The Morgan fingerprint density at radius 2 is 1.93 bits per heavy atom. The van der Waals surface area contributed by atoms with Gasteiger partial charge in [-0.1, -0.05) is 48.9 Å². The van der Waals surface area contributed by atoms with E-state index in [1.54, 1.807) is 4.52 Å². The molecule has 0 unspecified atom stereocenters. The quantitative estimate of drug-likeness (QED) is 0.635. The summed E-state index contributed by atoms with van der Waals surface area (Å²) < 4.78 is 26.3. The van der Waals surface area contributed by atoms with Gasteiger partial charge >= 0.3 is 0 Å². The summed E-state index contributed by atoms with van der Waals surface area (Å²) in [4.78, 5) is 7.55. The lowest BCUT2D eigenvalue weighted by molar-refractivity contribution is 0.458. The molecule has 4 rings (SSSR count). The standard InChI is InChI=1S/C18H21ClN4O2S2/c1-3-18(4-2)12-22(9-10-27(18,24)25)17-21-23-11-15(20-16(23)26-17)13-5-7-14(19)8-6-13/h5-8,11H,3-4,9-10,12H2,1-2H3. The van der Waals surface area contributed by atoms with Gasteiger partial charge in [0.15, 0.2) is 9.84 Å². The van der Waals surface area contributed by atoms with Gasteiger partial charge in [-0.3, -0.25) is 0 Å². The van der Waals surface area contributed by atoms with E-state index < -0.39 is 14.6 Å². The molecule has 0 radical (unpaired) electrons. The lowest BCUT2D eigenvalue weighted by Crippen LogP contribution is -2.55. The fourth-order valence-corrected chi connectivity index (χ4v) is 6.79. The highest BCUT2D eigenvalue weighted by molar-refractivity contribution is 7.92. The van der Waals surface area contributed by atoms with Gasteiger partial charge in [0.25, 0.3) is 0 Å². The normalized spacial score (nSPS) is 18.9. The summed E-state index contributed by atoms with van der Waals surface area (Å²) in [6.07, 6.45) is 3.13. The number of anilines is 1. The summed E-state index contributed by atoms with van der Waals surface area (Å²) in [6.45, 7) is 4.88. The maximum Gasteiger partial charge on any atom is 0.214 e. The minimum Gasteiger partial charge on any atom is -0.344 e. The van der Waals surface area contributed by atoms with Crippen LogP contribution in [0.15, 0.2) is 30.5 Å². The number of rotatable bonds is 4. The molecular weight excluding hydrogens is 404 g/mol. The molecule has 3 heterocycles. The SMILES string of the molecule is CCC1(CC)CN(c2nn3cc(-c4ccc(Cl)cc4)nc3s2)CCS1(=O)=O. The Kier molecular flexibility index (Phi) is 4.68. The van der Waals surface area contributed by atoms with Gasteiger partial charge in [0.05, 0.1) is 22.4 Å². The molecule has 2 aromatic heterocycles. The zero-order chi connectivity index (χ0) is 19.2. The predicted octanol–water partition coefficient (Wildman–Crippen LogP) is 3.90. The van der Waals surface area contributed by atoms with E-state index in [9.17, 15) is 8.42 Å². The van der Waals surface area contributed by atoms with Crippen molar-refractivity contribution in [2.24, 2.45) is 0 Å². The molecule has 0 N–H and O–H groups in total. The van der Waals surface area contributed by atoms with Crippen LogP contribution in [-0.4, -0.2) is 46.6 Å². The fourth-order valence-electron chi connectivity index (χ4n) is 3.63. The number of imidazole rings is 1. The Hall–Kier alpha value is -1.64. The van der Waals surface area contributed by atoms with Gasteiger partial charge in [0, 0.05) is 23.7 Å². The molecule has 3 aromatic rings. The number of nitrogens with zero attached hydrogens (tertiary/aromatic N) is 4. The van der Waals surface area contributed by atoms with E-state index >= 15 is 0 Å². The van der Waals surface area contributed by atoms with E-state index in [1.807, 2.05) is 44.3 Å². The first-order chi connectivity index (χ1) is 12.9. The minimum absolute atomic E-state index is 0.173. The van der Waals surface area contributed by atoms with Gasteiger partial charge in [-0.2, -0.15) is 0 Å². The maximum absolute atomic E-state index is 12.6. The van der Waals surface area contributed by atoms with Gasteiger partial charge < -0.3 is 4.90 Å². The van der Waals surface area contributed by atoms with Crippen LogP contribution < -0.4 is 4.90 Å². The van der Waals surface area contributed by atoms with E-state index in [0.29, 0.717) is 31.0 Å². The molecule has 144 valence electrons. The van der Waals surface area contributed by atoms with Crippen LogP contribution in [0.5, 0.6) is 0 Å². The highest BCUT2D eigenvalue weighted by atomic mass is 35.5. The van der Waals surface area contributed by atoms with Gasteiger partial charge in [0.1, 0.15) is 0 Å². The lowest BCUT2D eigenvalue weighted by Gasteiger charge is -2.41. The van der Waals surface area contributed by atoms with Crippen molar-refractivity contribution in [2.75, 3.05) is 23.7 Å². The third-order valence-corrected chi connectivity index (χ3v) is 9.48. The minimum atomic E-state index is -3.09. The van der Waals surface area contributed by atoms with Crippen molar-refractivity contribution >= 4 is 42.9 Å². The molecule has 27 heavy (non-hydrogen) atoms. The summed E-state index contributed by atoms with van der Waals surface area (Å²) in [7, 11) is -3.09. The van der Waals surface area contributed by atoms with Crippen LogP contribution in [0.4, 0.5) is 5.13 Å². The van der Waals surface area contributed by atoms with E-state index in [4.69, 9.17) is 11.6 Å². The Labute approximate surface area is 167 Å². The lowest BCUT2D eigenvalue weighted by atomic mass is 10.0. The van der Waals surface area contributed by atoms with Crippen molar-refractivity contribution in [3.05, 3.63) is 35.5 Å². The van der Waals surface area contributed by atoms with E-state index in [-0.39, 0.29) is 5.75 Å². The molecule has 9 heteroatoms. The van der Waals surface area contributed by atoms with Crippen molar-refractivity contribution in [1.29, 1.82) is 0 Å². The number of benzene rings is 1. The third kappa shape index (κ3) is 3.13. The van der Waals surface area contributed by atoms with Crippen molar-refractivity contribution in [1.82, 2.24) is 14.6 Å². The van der Waals surface area contributed by atoms with Crippen LogP contribution in [0.1, 0.15) is 26.7 Å². The summed E-state index contributed by atoms with van der Waals surface area (Å²) >= 11 is 7.44. The number of hydrogen-bond acceptors (Lipinski definition) is 6. The van der Waals surface area contributed by atoms with Crippen molar-refractivity contribution in [3.63, 3.8) is 0 Å². The molecule has 0 atom stereocenters. The Morgan fingerprint density at radius 1 is 1.22 bits per heavy atom. The Bertz CT molecular complexity index is 1040. The van der Waals surface area contributed by atoms with Gasteiger partial charge in [-0.25, -0.2) is 17.9 Å². The number of hydrogen-bond donors (Lipinski definition) is 0. The second-order valence-corrected chi connectivity index (χ2v) is 10.7. The molecule has 1 aromatic carbocycles. The van der Waals surface area contributed by atoms with Crippen molar-refractivity contribution in [3.8, 4) is 11.3 Å². The van der Waals surface area contributed by atoms with Gasteiger partial charge in [0.2, 0.25) is 10.1 Å². The predicted molar refractivity (Wildman–Crippen MR) is 111 cm³/mol. The molecular formula is C18H21ClN4O2S2. The highest BCUT2D eigenvalue weighted by Crippen LogP contribution is 2.35. The summed E-state index contributed by atoms with van der Waals surface area (Å²) in [5, 5.41) is 6.17. The third-order valence-electron chi connectivity index (χ3n) is 5.50. The van der Waals surface area contributed by atoms with Crippen LogP contribution in [0, 0.1) is 0 Å². The highest BCUT2D eigenvalue weighted by Gasteiger charge is 2.45. The maximum atomic E-state index is 12.6.